The van der Waals surface area contributed by atoms with Crippen molar-refractivity contribution in [2.45, 2.75) is 25.2 Å². The minimum absolute atomic E-state index is 0.354. The van der Waals surface area contributed by atoms with Gasteiger partial charge in [0.25, 0.3) is 0 Å². The molecule has 1 aliphatic heterocycles. The number of rotatable bonds is 4. The van der Waals surface area contributed by atoms with Gasteiger partial charge in [0.1, 0.15) is 0 Å². The molecule has 0 amide bonds. The summed E-state index contributed by atoms with van der Waals surface area (Å²) >= 11 is 0. The quantitative estimate of drug-likeness (QED) is 0.747. The molecule has 1 aromatic rings. The number of hydrogen-bond acceptors (Lipinski definition) is 3. The summed E-state index contributed by atoms with van der Waals surface area (Å²) in [6.45, 7) is 3.07. The van der Waals surface area contributed by atoms with Gasteiger partial charge in [-0.3, -0.25) is 4.90 Å². The normalized spacial score (nSPS) is 20.4. The molecule has 0 aromatic heterocycles. The minimum atomic E-state index is -0.354. The van der Waals surface area contributed by atoms with Crippen LogP contribution >= 0.6 is 0 Å². The zero-order valence-electron chi connectivity index (χ0n) is 10.7. The second-order valence-corrected chi connectivity index (χ2v) is 4.58. The van der Waals surface area contributed by atoms with Crippen LogP contribution in [0, 0.1) is 0 Å². The first-order chi connectivity index (χ1) is 8.28. The summed E-state index contributed by atoms with van der Waals surface area (Å²) < 4.78 is 11.0. The van der Waals surface area contributed by atoms with E-state index in [1.54, 1.807) is 14.2 Å². The molecule has 1 saturated heterocycles. The molecule has 0 atom stereocenters. The molecule has 0 radical (unpaired) electrons. The van der Waals surface area contributed by atoms with Gasteiger partial charge in [-0.1, -0.05) is 30.3 Å². The maximum Gasteiger partial charge on any atom is 0.169 e. The molecule has 1 aliphatic rings. The highest BCUT2D eigenvalue weighted by Crippen LogP contribution is 2.26. The van der Waals surface area contributed by atoms with Crippen LogP contribution in [0.2, 0.25) is 0 Å². The lowest BCUT2D eigenvalue weighted by atomic mass is 10.0. The van der Waals surface area contributed by atoms with Gasteiger partial charge in [-0.25, -0.2) is 0 Å². The topological polar surface area (TPSA) is 21.7 Å². The fraction of sp³-hybridized carbons (Fsp3) is 0.571. The molecular formula is C14H21NO2. The van der Waals surface area contributed by atoms with Crippen molar-refractivity contribution < 1.29 is 9.47 Å². The highest BCUT2D eigenvalue weighted by atomic mass is 16.7. The average Bonchev–Trinajstić information content (AvgIpc) is 2.41. The van der Waals surface area contributed by atoms with Crippen LogP contribution in [0.4, 0.5) is 0 Å². The number of likely N-dealkylation sites (tertiary alicyclic amines) is 1. The largest absolute Gasteiger partial charge is 0.353 e. The van der Waals surface area contributed by atoms with E-state index in [0.717, 1.165) is 32.5 Å². The summed E-state index contributed by atoms with van der Waals surface area (Å²) in [5.74, 6) is -0.354. The van der Waals surface area contributed by atoms with Crippen molar-refractivity contribution in [3.63, 3.8) is 0 Å². The van der Waals surface area contributed by atoms with Crippen LogP contribution in [0.5, 0.6) is 0 Å². The van der Waals surface area contributed by atoms with Gasteiger partial charge >= 0.3 is 0 Å². The molecule has 1 aromatic carbocycles. The third-order valence-corrected chi connectivity index (χ3v) is 3.61. The zero-order valence-corrected chi connectivity index (χ0v) is 10.7. The third kappa shape index (κ3) is 3.06. The van der Waals surface area contributed by atoms with Crippen LogP contribution in [0.3, 0.4) is 0 Å². The van der Waals surface area contributed by atoms with E-state index >= 15 is 0 Å². The third-order valence-electron chi connectivity index (χ3n) is 3.61. The predicted octanol–water partition coefficient (Wildman–Crippen LogP) is 2.27. The lowest BCUT2D eigenvalue weighted by Gasteiger charge is -2.39. The Morgan fingerprint density at radius 1 is 1.06 bits per heavy atom. The number of piperidine rings is 1. The van der Waals surface area contributed by atoms with Gasteiger partial charge < -0.3 is 9.47 Å². The Balaban J connectivity index is 1.87. The number of nitrogens with zero attached hydrogens (tertiary/aromatic N) is 1. The fourth-order valence-corrected chi connectivity index (χ4v) is 2.39. The molecule has 0 unspecified atom stereocenters. The Morgan fingerprint density at radius 2 is 1.65 bits per heavy atom. The Bertz CT molecular complexity index is 325. The Morgan fingerprint density at radius 3 is 2.18 bits per heavy atom. The lowest BCUT2D eigenvalue weighted by Crippen LogP contribution is -2.46. The Hall–Kier alpha value is -0.900. The second kappa shape index (κ2) is 5.63. The molecule has 3 heteroatoms. The SMILES string of the molecule is COC1(OC)CCN(Cc2ccccc2)CC1. The van der Waals surface area contributed by atoms with E-state index in [2.05, 4.69) is 35.2 Å². The predicted molar refractivity (Wildman–Crippen MR) is 67.7 cm³/mol. The van der Waals surface area contributed by atoms with Crippen molar-refractivity contribution >= 4 is 0 Å². The van der Waals surface area contributed by atoms with Gasteiger partial charge in [0.2, 0.25) is 0 Å². The van der Waals surface area contributed by atoms with Crippen LogP contribution in [-0.2, 0) is 16.0 Å². The van der Waals surface area contributed by atoms with Crippen LogP contribution < -0.4 is 0 Å². The number of methoxy groups -OCH3 is 2. The van der Waals surface area contributed by atoms with Crippen molar-refractivity contribution in [1.29, 1.82) is 0 Å². The molecule has 0 aliphatic carbocycles. The fourth-order valence-electron chi connectivity index (χ4n) is 2.39. The highest BCUT2D eigenvalue weighted by molar-refractivity contribution is 5.14. The number of benzene rings is 1. The molecule has 17 heavy (non-hydrogen) atoms. The average molecular weight is 235 g/mol. The van der Waals surface area contributed by atoms with Crippen molar-refractivity contribution in [2.75, 3.05) is 27.3 Å². The standard InChI is InChI=1S/C14H21NO2/c1-16-14(17-2)8-10-15(11-9-14)12-13-6-4-3-5-7-13/h3-7H,8-12H2,1-2H3. The molecule has 3 nitrogen and oxygen atoms in total. The van der Waals surface area contributed by atoms with Gasteiger partial charge in [0.05, 0.1) is 0 Å². The minimum Gasteiger partial charge on any atom is -0.353 e. The number of ether oxygens (including phenoxy) is 2. The summed E-state index contributed by atoms with van der Waals surface area (Å²) in [6.07, 6.45) is 1.87. The zero-order chi connectivity index (χ0) is 12.1. The van der Waals surface area contributed by atoms with Gasteiger partial charge in [-0.2, -0.15) is 0 Å². The van der Waals surface area contributed by atoms with Crippen molar-refractivity contribution in [3.05, 3.63) is 35.9 Å². The first-order valence-corrected chi connectivity index (χ1v) is 6.14. The summed E-state index contributed by atoms with van der Waals surface area (Å²) in [5, 5.41) is 0. The van der Waals surface area contributed by atoms with Gasteiger partial charge in [0, 0.05) is 46.7 Å². The lowest BCUT2D eigenvalue weighted by molar-refractivity contribution is -0.229. The molecule has 1 heterocycles. The Kier molecular flexibility index (Phi) is 4.15. The molecule has 2 rings (SSSR count). The van der Waals surface area contributed by atoms with E-state index in [-0.39, 0.29) is 5.79 Å². The Labute approximate surface area is 103 Å². The van der Waals surface area contributed by atoms with E-state index in [1.165, 1.54) is 5.56 Å². The highest BCUT2D eigenvalue weighted by Gasteiger charge is 2.34. The van der Waals surface area contributed by atoms with Crippen LogP contribution in [0.1, 0.15) is 18.4 Å². The van der Waals surface area contributed by atoms with Crippen molar-refractivity contribution in [1.82, 2.24) is 4.90 Å². The van der Waals surface area contributed by atoms with Gasteiger partial charge in [0.15, 0.2) is 5.79 Å². The second-order valence-electron chi connectivity index (χ2n) is 4.58. The van der Waals surface area contributed by atoms with E-state index in [9.17, 15) is 0 Å². The first kappa shape index (κ1) is 12.6. The maximum atomic E-state index is 5.48. The van der Waals surface area contributed by atoms with E-state index in [0.29, 0.717) is 0 Å². The monoisotopic (exact) mass is 235 g/mol. The molecule has 0 spiro atoms. The van der Waals surface area contributed by atoms with E-state index in [4.69, 9.17) is 9.47 Å². The maximum absolute atomic E-state index is 5.48. The first-order valence-electron chi connectivity index (χ1n) is 6.14. The summed E-state index contributed by atoms with van der Waals surface area (Å²) in [4.78, 5) is 2.45. The summed E-state index contributed by atoms with van der Waals surface area (Å²) in [5.41, 5.74) is 1.37. The van der Waals surface area contributed by atoms with E-state index < -0.39 is 0 Å². The smallest absolute Gasteiger partial charge is 0.169 e. The van der Waals surface area contributed by atoms with Gasteiger partial charge in [-0.15, -0.1) is 0 Å². The number of hydrogen-bond donors (Lipinski definition) is 0. The molecule has 94 valence electrons. The molecule has 0 bridgehead atoms. The van der Waals surface area contributed by atoms with Crippen LogP contribution in [0.15, 0.2) is 30.3 Å². The van der Waals surface area contributed by atoms with Gasteiger partial charge in [-0.05, 0) is 5.56 Å². The van der Waals surface area contributed by atoms with E-state index in [1.807, 2.05) is 0 Å². The van der Waals surface area contributed by atoms with Crippen LogP contribution in [0.25, 0.3) is 0 Å². The summed E-state index contributed by atoms with van der Waals surface area (Å²) in [6, 6.07) is 10.6. The molecule has 0 N–H and O–H groups in total. The molecule has 0 saturated carbocycles. The summed E-state index contributed by atoms with van der Waals surface area (Å²) in [7, 11) is 3.46. The molecule has 1 fully saturated rings. The van der Waals surface area contributed by atoms with Crippen molar-refractivity contribution in [2.24, 2.45) is 0 Å². The van der Waals surface area contributed by atoms with Crippen LogP contribution in [-0.4, -0.2) is 38.0 Å². The van der Waals surface area contributed by atoms with Crippen molar-refractivity contribution in [3.8, 4) is 0 Å². The molecular weight excluding hydrogens is 214 g/mol.